The highest BCUT2D eigenvalue weighted by atomic mass is 79.9. The molecule has 6 heteroatoms. The van der Waals surface area contributed by atoms with Crippen LogP contribution >= 0.6 is 15.9 Å². The first-order chi connectivity index (χ1) is 8.47. The molecule has 0 bridgehead atoms. The summed E-state index contributed by atoms with van der Waals surface area (Å²) >= 11 is 3.14. The fourth-order valence-electron chi connectivity index (χ4n) is 1.49. The molecular formula is C12H12BrFN4. The summed E-state index contributed by atoms with van der Waals surface area (Å²) in [7, 11) is 0. The smallest absolute Gasteiger partial charge is 0.221 e. The van der Waals surface area contributed by atoms with Gasteiger partial charge in [-0.05, 0) is 47.5 Å². The van der Waals surface area contributed by atoms with Crippen LogP contribution in [0.25, 0.3) is 0 Å². The van der Waals surface area contributed by atoms with E-state index in [4.69, 9.17) is 5.73 Å². The van der Waals surface area contributed by atoms with Crippen molar-refractivity contribution in [1.29, 1.82) is 0 Å². The topological polar surface area (TPSA) is 63.8 Å². The van der Waals surface area contributed by atoms with E-state index in [1.54, 1.807) is 12.3 Å². The highest BCUT2D eigenvalue weighted by molar-refractivity contribution is 9.10. The van der Waals surface area contributed by atoms with Crippen molar-refractivity contribution in [1.82, 2.24) is 9.97 Å². The normalized spacial score (nSPS) is 10.4. The van der Waals surface area contributed by atoms with Gasteiger partial charge in [0.25, 0.3) is 0 Å². The summed E-state index contributed by atoms with van der Waals surface area (Å²) in [6.07, 6.45) is 1.62. The lowest BCUT2D eigenvalue weighted by Crippen LogP contribution is -2.03. The molecule has 1 aromatic heterocycles. The Bertz CT molecular complexity index is 601. The van der Waals surface area contributed by atoms with Crippen molar-refractivity contribution in [3.8, 4) is 0 Å². The van der Waals surface area contributed by atoms with Crippen LogP contribution in [0.3, 0.4) is 0 Å². The number of hydrogen-bond donors (Lipinski definition) is 2. The minimum atomic E-state index is -0.331. The van der Waals surface area contributed by atoms with Crippen LogP contribution in [0.5, 0.6) is 0 Å². The second-order valence-corrected chi connectivity index (χ2v) is 4.82. The number of nitrogens with zero attached hydrogens (tertiary/aromatic N) is 2. The van der Waals surface area contributed by atoms with Crippen molar-refractivity contribution in [3.63, 3.8) is 0 Å². The number of rotatable bonds is 2. The van der Waals surface area contributed by atoms with Gasteiger partial charge in [0.05, 0.1) is 4.47 Å². The summed E-state index contributed by atoms with van der Waals surface area (Å²) in [5.74, 6) is 0.424. The van der Waals surface area contributed by atoms with Gasteiger partial charge in [0.15, 0.2) is 0 Å². The molecule has 2 aromatic rings. The van der Waals surface area contributed by atoms with Gasteiger partial charge in [-0.1, -0.05) is 0 Å². The first-order valence-electron chi connectivity index (χ1n) is 5.29. The molecule has 0 unspecified atom stereocenters. The molecule has 1 heterocycles. The Kier molecular flexibility index (Phi) is 3.47. The van der Waals surface area contributed by atoms with Gasteiger partial charge in [0, 0.05) is 17.4 Å². The Morgan fingerprint density at radius 1 is 1.28 bits per heavy atom. The van der Waals surface area contributed by atoms with Crippen LogP contribution in [0.4, 0.5) is 21.8 Å². The first kappa shape index (κ1) is 12.8. The SMILES string of the molecule is Cc1cc(Br)c(F)cc1Nc1nc(N)ncc1C. The lowest BCUT2D eigenvalue weighted by molar-refractivity contribution is 0.621. The van der Waals surface area contributed by atoms with E-state index >= 15 is 0 Å². The molecule has 0 amide bonds. The van der Waals surface area contributed by atoms with Gasteiger partial charge >= 0.3 is 0 Å². The molecule has 0 aliphatic heterocycles. The zero-order chi connectivity index (χ0) is 13.3. The maximum absolute atomic E-state index is 13.5. The maximum Gasteiger partial charge on any atom is 0.221 e. The van der Waals surface area contributed by atoms with E-state index in [1.807, 2.05) is 13.8 Å². The molecule has 0 saturated carbocycles. The van der Waals surface area contributed by atoms with Crippen molar-refractivity contribution >= 4 is 33.4 Å². The third kappa shape index (κ3) is 2.59. The Balaban J connectivity index is 2.40. The summed E-state index contributed by atoms with van der Waals surface area (Å²) in [6, 6.07) is 3.12. The summed E-state index contributed by atoms with van der Waals surface area (Å²) in [6.45, 7) is 3.73. The molecule has 1 aromatic carbocycles. The molecule has 3 N–H and O–H groups in total. The summed E-state index contributed by atoms with van der Waals surface area (Å²) < 4.78 is 13.9. The second kappa shape index (κ2) is 4.89. The molecule has 0 saturated heterocycles. The van der Waals surface area contributed by atoms with Crippen molar-refractivity contribution in [2.45, 2.75) is 13.8 Å². The molecule has 0 radical (unpaired) electrons. The molecule has 2 rings (SSSR count). The average molecular weight is 311 g/mol. The number of nitrogens with one attached hydrogen (secondary N) is 1. The third-order valence-corrected chi connectivity index (χ3v) is 3.12. The van der Waals surface area contributed by atoms with Gasteiger partial charge in [0.1, 0.15) is 11.6 Å². The fourth-order valence-corrected chi connectivity index (χ4v) is 1.95. The van der Waals surface area contributed by atoms with Crippen molar-refractivity contribution < 1.29 is 4.39 Å². The standard InChI is InChI=1S/C12H12BrFN4/c1-6-3-8(13)9(14)4-10(6)17-11-7(2)5-16-12(15)18-11/h3-5H,1-2H3,(H3,15,16,17,18). The zero-order valence-electron chi connectivity index (χ0n) is 9.96. The van der Waals surface area contributed by atoms with Crippen LogP contribution in [0.2, 0.25) is 0 Å². The van der Waals surface area contributed by atoms with Gasteiger partial charge in [-0.3, -0.25) is 0 Å². The van der Waals surface area contributed by atoms with E-state index in [-0.39, 0.29) is 11.8 Å². The van der Waals surface area contributed by atoms with Gasteiger partial charge in [-0.15, -0.1) is 0 Å². The minimum absolute atomic E-state index is 0.179. The largest absolute Gasteiger partial charge is 0.368 e. The number of aryl methyl sites for hydroxylation is 2. The van der Waals surface area contributed by atoms with Crippen LogP contribution in [-0.2, 0) is 0 Å². The predicted molar refractivity (Wildman–Crippen MR) is 73.3 cm³/mol. The number of aromatic nitrogens is 2. The highest BCUT2D eigenvalue weighted by Gasteiger charge is 2.08. The molecule has 0 aliphatic carbocycles. The molecule has 0 fully saturated rings. The van der Waals surface area contributed by atoms with Crippen LogP contribution in [0.1, 0.15) is 11.1 Å². The minimum Gasteiger partial charge on any atom is -0.368 e. The van der Waals surface area contributed by atoms with E-state index in [2.05, 4.69) is 31.2 Å². The van der Waals surface area contributed by atoms with E-state index in [0.717, 1.165) is 11.1 Å². The molecule has 94 valence electrons. The van der Waals surface area contributed by atoms with Gasteiger partial charge in [-0.2, -0.15) is 4.98 Å². The summed E-state index contributed by atoms with van der Waals surface area (Å²) in [5.41, 5.74) is 7.92. The quantitative estimate of drug-likeness (QED) is 0.893. The molecular weight excluding hydrogens is 299 g/mol. The van der Waals surface area contributed by atoms with E-state index < -0.39 is 0 Å². The van der Waals surface area contributed by atoms with E-state index in [0.29, 0.717) is 16.0 Å². The fraction of sp³-hybridized carbons (Fsp3) is 0.167. The van der Waals surface area contributed by atoms with E-state index in [9.17, 15) is 4.39 Å². The van der Waals surface area contributed by atoms with Crippen LogP contribution in [0, 0.1) is 19.7 Å². The summed E-state index contributed by atoms with van der Waals surface area (Å²) in [5, 5.41) is 3.06. The van der Waals surface area contributed by atoms with Crippen LogP contribution in [0.15, 0.2) is 22.8 Å². The highest BCUT2D eigenvalue weighted by Crippen LogP contribution is 2.27. The molecule has 18 heavy (non-hydrogen) atoms. The van der Waals surface area contributed by atoms with E-state index in [1.165, 1.54) is 6.07 Å². The second-order valence-electron chi connectivity index (χ2n) is 3.97. The van der Waals surface area contributed by atoms with Gasteiger partial charge < -0.3 is 11.1 Å². The van der Waals surface area contributed by atoms with Crippen molar-refractivity contribution in [2.24, 2.45) is 0 Å². The Labute approximate surface area is 113 Å². The van der Waals surface area contributed by atoms with Crippen molar-refractivity contribution in [2.75, 3.05) is 11.1 Å². The lowest BCUT2D eigenvalue weighted by Gasteiger charge is -2.11. The van der Waals surface area contributed by atoms with Crippen LogP contribution in [-0.4, -0.2) is 9.97 Å². The Morgan fingerprint density at radius 2 is 2.00 bits per heavy atom. The average Bonchev–Trinajstić information content (AvgIpc) is 2.30. The molecule has 0 atom stereocenters. The number of hydrogen-bond acceptors (Lipinski definition) is 4. The number of nitrogen functional groups attached to an aromatic ring is 1. The Morgan fingerprint density at radius 3 is 2.72 bits per heavy atom. The molecule has 0 aliphatic rings. The summed E-state index contributed by atoms with van der Waals surface area (Å²) in [4.78, 5) is 7.96. The number of halogens is 2. The van der Waals surface area contributed by atoms with Gasteiger partial charge in [0.2, 0.25) is 5.95 Å². The Hall–Kier alpha value is -1.69. The van der Waals surface area contributed by atoms with Crippen LogP contribution < -0.4 is 11.1 Å². The maximum atomic E-state index is 13.5. The molecule has 4 nitrogen and oxygen atoms in total. The predicted octanol–water partition coefficient (Wildman–Crippen LogP) is 3.32. The van der Waals surface area contributed by atoms with Gasteiger partial charge in [-0.25, -0.2) is 9.37 Å². The number of benzene rings is 1. The number of nitrogens with two attached hydrogens (primary N) is 1. The third-order valence-electron chi connectivity index (χ3n) is 2.51. The zero-order valence-corrected chi connectivity index (χ0v) is 11.5. The number of anilines is 3. The lowest BCUT2D eigenvalue weighted by atomic mass is 10.2. The van der Waals surface area contributed by atoms with Crippen molar-refractivity contribution in [3.05, 3.63) is 39.7 Å². The molecule has 0 spiro atoms. The first-order valence-corrected chi connectivity index (χ1v) is 6.08. The monoisotopic (exact) mass is 310 g/mol.